The van der Waals surface area contributed by atoms with Gasteiger partial charge in [0, 0.05) is 11.3 Å². The molecule has 1 N–H and O–H groups in total. The van der Waals surface area contributed by atoms with E-state index in [1.54, 1.807) is 24.3 Å². The number of halogens is 3. The number of benzene rings is 2. The lowest BCUT2D eigenvalue weighted by atomic mass is 10.1. The second-order valence-electron chi connectivity index (χ2n) is 6.27. The second kappa shape index (κ2) is 8.90. The summed E-state index contributed by atoms with van der Waals surface area (Å²) >= 11 is 0. The van der Waals surface area contributed by atoms with E-state index in [2.05, 4.69) is 15.2 Å². The van der Waals surface area contributed by atoms with Crippen LogP contribution < -0.4 is 10.1 Å². The maximum Gasteiger partial charge on any atom is 0.434 e. The van der Waals surface area contributed by atoms with Crippen LogP contribution in [0.1, 0.15) is 33.3 Å². The van der Waals surface area contributed by atoms with E-state index in [0.29, 0.717) is 16.1 Å². The summed E-state index contributed by atoms with van der Waals surface area (Å²) in [6.45, 7) is 1.42. The van der Waals surface area contributed by atoms with Crippen LogP contribution in [0.4, 0.5) is 18.9 Å². The van der Waals surface area contributed by atoms with Crippen molar-refractivity contribution in [3.63, 3.8) is 0 Å². The number of nitrogens with zero attached hydrogens (tertiary/aromatic N) is 2. The van der Waals surface area contributed by atoms with Crippen molar-refractivity contribution in [2.75, 3.05) is 19.0 Å². The highest BCUT2D eigenvalue weighted by Gasteiger charge is 2.41. The van der Waals surface area contributed by atoms with Crippen molar-refractivity contribution >= 4 is 17.6 Å². The van der Waals surface area contributed by atoms with Crippen molar-refractivity contribution < 1.29 is 32.2 Å². The molecular formula is C21H18F3N3O4. The number of carbonyl (C=O) groups is 2. The number of methoxy groups -OCH3 is 1. The maximum absolute atomic E-state index is 13.6. The van der Waals surface area contributed by atoms with E-state index in [1.807, 2.05) is 0 Å². The third kappa shape index (κ3) is 4.85. The Labute approximate surface area is 175 Å². The normalized spacial score (nSPS) is 11.1. The highest BCUT2D eigenvalue weighted by atomic mass is 19.4. The van der Waals surface area contributed by atoms with Gasteiger partial charge in [-0.25, -0.2) is 9.48 Å². The fourth-order valence-corrected chi connectivity index (χ4v) is 2.81. The molecule has 1 heterocycles. The molecule has 0 bridgehead atoms. The van der Waals surface area contributed by atoms with Gasteiger partial charge < -0.3 is 14.8 Å². The van der Waals surface area contributed by atoms with E-state index >= 15 is 0 Å². The van der Waals surface area contributed by atoms with Gasteiger partial charge in [-0.15, -0.1) is 0 Å². The van der Waals surface area contributed by atoms with Crippen LogP contribution in [0.25, 0.3) is 5.69 Å². The molecule has 0 saturated carbocycles. The Morgan fingerprint density at radius 1 is 1.06 bits per heavy atom. The van der Waals surface area contributed by atoms with Crippen molar-refractivity contribution in [1.29, 1.82) is 0 Å². The summed E-state index contributed by atoms with van der Waals surface area (Å²) in [5.41, 5.74) is -1.15. The number of esters is 1. The van der Waals surface area contributed by atoms with E-state index in [9.17, 15) is 22.8 Å². The smallest absolute Gasteiger partial charge is 0.434 e. The standard InChI is InChI=1S/C21H18F3N3O4/c1-3-31-20(29)17-12-25-27(18(17)21(22,23)24)15-8-4-13(5-9-15)19(28)26-14-6-10-16(30-2)11-7-14/h4-12H,3H2,1-2H3,(H,26,28). The molecule has 10 heteroatoms. The first-order chi connectivity index (χ1) is 14.7. The van der Waals surface area contributed by atoms with Crippen LogP contribution in [0.3, 0.4) is 0 Å². The van der Waals surface area contributed by atoms with Crippen LogP contribution in [0.2, 0.25) is 0 Å². The van der Waals surface area contributed by atoms with Gasteiger partial charge in [0.1, 0.15) is 11.3 Å². The zero-order valence-electron chi connectivity index (χ0n) is 16.6. The molecule has 0 fully saturated rings. The van der Waals surface area contributed by atoms with Crippen molar-refractivity contribution in [3.05, 3.63) is 71.5 Å². The van der Waals surface area contributed by atoms with Gasteiger partial charge in [0.25, 0.3) is 5.91 Å². The Bertz CT molecular complexity index is 1070. The third-order valence-electron chi connectivity index (χ3n) is 4.26. The second-order valence-corrected chi connectivity index (χ2v) is 6.27. The monoisotopic (exact) mass is 433 g/mol. The molecule has 3 aromatic rings. The van der Waals surface area contributed by atoms with Crippen LogP contribution in [-0.4, -0.2) is 35.4 Å². The summed E-state index contributed by atoms with van der Waals surface area (Å²) < 4.78 is 51.1. The predicted octanol–water partition coefficient (Wildman–Crippen LogP) is 4.33. The molecule has 0 aliphatic carbocycles. The van der Waals surface area contributed by atoms with Crippen molar-refractivity contribution in [1.82, 2.24) is 9.78 Å². The molecule has 0 spiro atoms. The van der Waals surface area contributed by atoms with Gasteiger partial charge in [-0.1, -0.05) is 0 Å². The lowest BCUT2D eigenvalue weighted by molar-refractivity contribution is -0.143. The van der Waals surface area contributed by atoms with Crippen LogP contribution in [-0.2, 0) is 10.9 Å². The fraction of sp³-hybridized carbons (Fsp3) is 0.190. The van der Waals surface area contributed by atoms with Gasteiger partial charge in [0.2, 0.25) is 0 Å². The molecule has 31 heavy (non-hydrogen) atoms. The number of nitrogens with one attached hydrogen (secondary N) is 1. The summed E-state index contributed by atoms with van der Waals surface area (Å²) in [6, 6.07) is 12.0. The minimum Gasteiger partial charge on any atom is -0.497 e. The lowest BCUT2D eigenvalue weighted by Gasteiger charge is -2.13. The van der Waals surface area contributed by atoms with E-state index in [4.69, 9.17) is 4.74 Å². The van der Waals surface area contributed by atoms with Gasteiger partial charge in [-0.3, -0.25) is 4.79 Å². The van der Waals surface area contributed by atoms with Gasteiger partial charge >= 0.3 is 12.1 Å². The average molecular weight is 433 g/mol. The van der Waals surface area contributed by atoms with Gasteiger partial charge in [-0.2, -0.15) is 18.3 Å². The summed E-state index contributed by atoms with van der Waals surface area (Å²) in [4.78, 5) is 24.3. The van der Waals surface area contributed by atoms with Crippen molar-refractivity contribution in [2.45, 2.75) is 13.1 Å². The summed E-state index contributed by atoms with van der Waals surface area (Å²) in [5, 5.41) is 6.38. The van der Waals surface area contributed by atoms with Crippen LogP contribution in [0, 0.1) is 0 Å². The van der Waals surface area contributed by atoms with Crippen molar-refractivity contribution in [3.8, 4) is 11.4 Å². The summed E-state index contributed by atoms with van der Waals surface area (Å²) in [5.74, 6) is -0.929. The number of ether oxygens (including phenoxy) is 2. The summed E-state index contributed by atoms with van der Waals surface area (Å²) in [7, 11) is 1.52. The van der Waals surface area contributed by atoms with Crippen molar-refractivity contribution in [2.24, 2.45) is 0 Å². The highest BCUT2D eigenvalue weighted by molar-refractivity contribution is 6.04. The number of aromatic nitrogens is 2. The van der Waals surface area contributed by atoms with Gasteiger partial charge in [0.05, 0.1) is 25.6 Å². The molecule has 162 valence electrons. The molecule has 0 saturated heterocycles. The Morgan fingerprint density at radius 2 is 1.71 bits per heavy atom. The number of amides is 1. The van der Waals surface area contributed by atoms with Crippen LogP contribution in [0.5, 0.6) is 5.75 Å². The topological polar surface area (TPSA) is 82.5 Å². The number of carbonyl (C=O) groups excluding carboxylic acids is 2. The number of hydrogen-bond acceptors (Lipinski definition) is 5. The largest absolute Gasteiger partial charge is 0.497 e. The Morgan fingerprint density at radius 3 is 2.26 bits per heavy atom. The molecule has 1 aromatic heterocycles. The van der Waals surface area contributed by atoms with E-state index in [1.165, 1.54) is 38.3 Å². The highest BCUT2D eigenvalue weighted by Crippen LogP contribution is 2.34. The molecule has 0 aliphatic rings. The van der Waals surface area contributed by atoms with Crippen LogP contribution >= 0.6 is 0 Å². The molecule has 3 rings (SSSR count). The molecule has 0 aliphatic heterocycles. The zero-order chi connectivity index (χ0) is 22.6. The molecule has 1 amide bonds. The first kappa shape index (κ1) is 21.9. The fourth-order valence-electron chi connectivity index (χ4n) is 2.81. The zero-order valence-corrected chi connectivity index (χ0v) is 16.6. The number of hydrogen-bond donors (Lipinski definition) is 1. The van der Waals surface area contributed by atoms with Crippen LogP contribution in [0.15, 0.2) is 54.7 Å². The van der Waals surface area contributed by atoms with Gasteiger partial charge in [-0.05, 0) is 55.5 Å². The summed E-state index contributed by atoms with van der Waals surface area (Å²) in [6.07, 6.45) is -4.03. The number of rotatable bonds is 6. The Balaban J connectivity index is 1.85. The maximum atomic E-state index is 13.6. The Hall–Kier alpha value is -3.82. The SMILES string of the molecule is CCOC(=O)c1cnn(-c2ccc(C(=O)Nc3ccc(OC)cc3)cc2)c1C(F)(F)F. The number of alkyl halides is 3. The molecule has 0 unspecified atom stereocenters. The third-order valence-corrected chi connectivity index (χ3v) is 4.26. The average Bonchev–Trinajstić information content (AvgIpc) is 3.20. The minimum atomic E-state index is -4.84. The van der Waals surface area contributed by atoms with E-state index < -0.39 is 29.3 Å². The molecule has 7 nitrogen and oxygen atoms in total. The molecular weight excluding hydrogens is 415 g/mol. The molecule has 0 atom stereocenters. The quantitative estimate of drug-likeness (QED) is 0.585. The number of anilines is 1. The first-order valence-corrected chi connectivity index (χ1v) is 9.12. The predicted molar refractivity (Wildman–Crippen MR) is 105 cm³/mol. The van der Waals surface area contributed by atoms with E-state index in [0.717, 1.165) is 6.20 Å². The molecule has 0 radical (unpaired) electrons. The lowest BCUT2D eigenvalue weighted by Crippen LogP contribution is -2.18. The minimum absolute atomic E-state index is 0.0314. The van der Waals surface area contributed by atoms with E-state index in [-0.39, 0.29) is 17.9 Å². The van der Waals surface area contributed by atoms with Gasteiger partial charge in [0.15, 0.2) is 5.69 Å². The Kier molecular flexibility index (Phi) is 6.28. The first-order valence-electron chi connectivity index (χ1n) is 9.12. The molecule has 2 aromatic carbocycles.